The molecule has 1 N–H and O–H groups in total. The Morgan fingerprint density at radius 2 is 1.72 bits per heavy atom. The van der Waals surface area contributed by atoms with Crippen molar-refractivity contribution in [2.75, 3.05) is 29.9 Å². The molecule has 25 heavy (non-hydrogen) atoms. The second-order valence-corrected chi connectivity index (χ2v) is 5.51. The van der Waals surface area contributed by atoms with E-state index in [0.29, 0.717) is 18.8 Å². The van der Waals surface area contributed by atoms with E-state index in [1.807, 2.05) is 0 Å². The van der Waals surface area contributed by atoms with E-state index in [-0.39, 0.29) is 18.3 Å². The van der Waals surface area contributed by atoms with Crippen LogP contribution in [0.15, 0.2) is 42.5 Å². The number of amides is 3. The van der Waals surface area contributed by atoms with Crippen LogP contribution in [0.2, 0.25) is 0 Å². The maximum absolute atomic E-state index is 13.1. The Morgan fingerprint density at radius 1 is 1.00 bits per heavy atom. The number of hydrogen-bond donors (Lipinski definition) is 1. The zero-order valence-electron chi connectivity index (χ0n) is 13.0. The van der Waals surface area contributed by atoms with Crippen molar-refractivity contribution in [2.45, 2.75) is 0 Å². The first-order valence-electron chi connectivity index (χ1n) is 7.51. The van der Waals surface area contributed by atoms with Crippen LogP contribution in [-0.4, -0.2) is 36.5 Å². The van der Waals surface area contributed by atoms with E-state index in [1.54, 1.807) is 0 Å². The van der Waals surface area contributed by atoms with Crippen LogP contribution in [0.4, 0.5) is 29.3 Å². The predicted octanol–water partition coefficient (Wildman–Crippen LogP) is 2.98. The summed E-state index contributed by atoms with van der Waals surface area (Å²) < 4.78 is 39.0. The third-order valence-electron chi connectivity index (χ3n) is 3.77. The molecule has 0 bridgehead atoms. The maximum atomic E-state index is 13.1. The maximum Gasteiger partial charge on any atom is 0.325 e. The fraction of sp³-hybridized carbons (Fsp3) is 0.176. The van der Waals surface area contributed by atoms with Crippen molar-refractivity contribution in [1.82, 2.24) is 4.90 Å². The van der Waals surface area contributed by atoms with Gasteiger partial charge in [-0.05, 0) is 36.4 Å². The number of benzene rings is 2. The SMILES string of the molecule is O=C(CN1CCN(c2ccc(F)cc2)C1=O)Nc1ccc(F)c(F)c1. The van der Waals surface area contributed by atoms with Gasteiger partial charge in [-0.1, -0.05) is 0 Å². The van der Waals surface area contributed by atoms with Crippen LogP contribution in [0.3, 0.4) is 0 Å². The van der Waals surface area contributed by atoms with Crippen LogP contribution in [0.5, 0.6) is 0 Å². The average Bonchev–Trinajstić information content (AvgIpc) is 2.93. The van der Waals surface area contributed by atoms with Gasteiger partial charge in [0.2, 0.25) is 5.91 Å². The van der Waals surface area contributed by atoms with E-state index >= 15 is 0 Å². The molecule has 1 aliphatic heterocycles. The molecule has 2 aromatic rings. The van der Waals surface area contributed by atoms with E-state index < -0.39 is 23.4 Å². The molecule has 5 nitrogen and oxygen atoms in total. The molecule has 0 aromatic heterocycles. The molecule has 0 saturated carbocycles. The summed E-state index contributed by atoms with van der Waals surface area (Å²) in [5.41, 5.74) is 0.640. The van der Waals surface area contributed by atoms with Gasteiger partial charge in [-0.2, -0.15) is 0 Å². The van der Waals surface area contributed by atoms with Crippen molar-refractivity contribution in [3.63, 3.8) is 0 Å². The van der Waals surface area contributed by atoms with Gasteiger partial charge in [0.25, 0.3) is 0 Å². The highest BCUT2D eigenvalue weighted by molar-refractivity contribution is 5.99. The second kappa shape index (κ2) is 6.84. The highest BCUT2D eigenvalue weighted by Crippen LogP contribution is 2.20. The Kier molecular flexibility index (Phi) is 4.60. The van der Waals surface area contributed by atoms with E-state index in [0.717, 1.165) is 12.1 Å². The van der Waals surface area contributed by atoms with Crippen molar-refractivity contribution >= 4 is 23.3 Å². The Bertz CT molecular complexity index is 811. The van der Waals surface area contributed by atoms with E-state index in [2.05, 4.69) is 5.32 Å². The average molecular weight is 349 g/mol. The lowest BCUT2D eigenvalue weighted by molar-refractivity contribution is -0.116. The molecule has 8 heteroatoms. The molecular formula is C17H14F3N3O2. The molecular weight excluding hydrogens is 335 g/mol. The summed E-state index contributed by atoms with van der Waals surface area (Å²) >= 11 is 0. The van der Waals surface area contributed by atoms with Gasteiger partial charge >= 0.3 is 6.03 Å². The van der Waals surface area contributed by atoms with Crippen LogP contribution in [-0.2, 0) is 4.79 Å². The molecule has 0 radical (unpaired) electrons. The number of carbonyl (C=O) groups is 2. The highest BCUT2D eigenvalue weighted by Gasteiger charge is 2.30. The summed E-state index contributed by atoms with van der Waals surface area (Å²) in [4.78, 5) is 27.1. The summed E-state index contributed by atoms with van der Waals surface area (Å²) in [5.74, 6) is -3.02. The Labute approximate surface area is 141 Å². The first-order chi connectivity index (χ1) is 11.9. The fourth-order valence-electron chi connectivity index (χ4n) is 2.54. The van der Waals surface area contributed by atoms with Crippen molar-refractivity contribution in [1.29, 1.82) is 0 Å². The van der Waals surface area contributed by atoms with Gasteiger partial charge in [-0.15, -0.1) is 0 Å². The number of nitrogens with one attached hydrogen (secondary N) is 1. The molecule has 0 unspecified atom stereocenters. The van der Waals surface area contributed by atoms with Gasteiger partial charge in [0.15, 0.2) is 11.6 Å². The minimum absolute atomic E-state index is 0.103. The van der Waals surface area contributed by atoms with Crippen molar-refractivity contribution in [2.24, 2.45) is 0 Å². The molecule has 2 aromatic carbocycles. The largest absolute Gasteiger partial charge is 0.325 e. The molecule has 0 aliphatic carbocycles. The van der Waals surface area contributed by atoms with E-state index in [1.165, 1.54) is 40.1 Å². The summed E-state index contributed by atoms with van der Waals surface area (Å²) in [7, 11) is 0. The standard InChI is InChI=1S/C17H14F3N3O2/c18-11-1-4-13(5-2-11)23-8-7-22(17(23)25)10-16(24)21-12-3-6-14(19)15(20)9-12/h1-6,9H,7-8,10H2,(H,21,24). The van der Waals surface area contributed by atoms with Gasteiger partial charge < -0.3 is 10.2 Å². The molecule has 0 atom stereocenters. The molecule has 1 fully saturated rings. The van der Waals surface area contributed by atoms with Gasteiger partial charge in [0.05, 0.1) is 0 Å². The Balaban J connectivity index is 1.61. The highest BCUT2D eigenvalue weighted by atomic mass is 19.2. The number of anilines is 2. The quantitative estimate of drug-likeness (QED) is 0.923. The normalized spacial score (nSPS) is 14.1. The third kappa shape index (κ3) is 3.73. The summed E-state index contributed by atoms with van der Waals surface area (Å²) in [6, 6.07) is 8.09. The molecule has 1 saturated heterocycles. The van der Waals surface area contributed by atoms with Crippen LogP contribution < -0.4 is 10.2 Å². The molecule has 3 rings (SSSR count). The number of urea groups is 1. The lowest BCUT2D eigenvalue weighted by atomic mass is 10.3. The lowest BCUT2D eigenvalue weighted by Gasteiger charge is -2.18. The van der Waals surface area contributed by atoms with Gasteiger partial charge in [0, 0.05) is 30.5 Å². The zero-order valence-corrected chi connectivity index (χ0v) is 13.0. The van der Waals surface area contributed by atoms with E-state index in [4.69, 9.17) is 0 Å². The summed E-state index contributed by atoms with van der Waals surface area (Å²) in [6.07, 6.45) is 0. The van der Waals surface area contributed by atoms with Crippen LogP contribution in [0.25, 0.3) is 0 Å². The lowest BCUT2D eigenvalue weighted by Crippen LogP contribution is -2.37. The molecule has 3 amide bonds. The van der Waals surface area contributed by atoms with Crippen molar-refractivity contribution in [3.8, 4) is 0 Å². The molecule has 1 aliphatic rings. The van der Waals surface area contributed by atoms with Crippen LogP contribution in [0.1, 0.15) is 0 Å². The Hall–Kier alpha value is -3.03. The van der Waals surface area contributed by atoms with Crippen molar-refractivity contribution < 1.29 is 22.8 Å². The molecule has 1 heterocycles. The first-order valence-corrected chi connectivity index (χ1v) is 7.51. The fourth-order valence-corrected chi connectivity index (χ4v) is 2.54. The number of rotatable bonds is 4. The number of nitrogens with zero attached hydrogens (tertiary/aromatic N) is 2. The predicted molar refractivity (Wildman–Crippen MR) is 85.7 cm³/mol. The third-order valence-corrected chi connectivity index (χ3v) is 3.77. The second-order valence-electron chi connectivity index (χ2n) is 5.51. The molecule has 130 valence electrons. The number of halogens is 3. The van der Waals surface area contributed by atoms with Crippen molar-refractivity contribution in [3.05, 3.63) is 59.9 Å². The summed E-state index contributed by atoms with van der Waals surface area (Å²) in [5, 5.41) is 2.41. The molecule has 0 spiro atoms. The zero-order chi connectivity index (χ0) is 18.0. The minimum atomic E-state index is -1.07. The monoisotopic (exact) mass is 349 g/mol. The number of hydrogen-bond acceptors (Lipinski definition) is 2. The van der Waals surface area contributed by atoms with Gasteiger partial charge in [0.1, 0.15) is 12.4 Å². The summed E-state index contributed by atoms with van der Waals surface area (Å²) in [6.45, 7) is 0.458. The van der Waals surface area contributed by atoms with Crippen LogP contribution >= 0.6 is 0 Å². The first kappa shape index (κ1) is 16.8. The number of carbonyl (C=O) groups excluding carboxylic acids is 2. The smallest absolute Gasteiger partial charge is 0.324 e. The Morgan fingerprint density at radius 3 is 2.40 bits per heavy atom. The minimum Gasteiger partial charge on any atom is -0.324 e. The van der Waals surface area contributed by atoms with E-state index in [9.17, 15) is 22.8 Å². The van der Waals surface area contributed by atoms with Gasteiger partial charge in [-0.25, -0.2) is 18.0 Å². The van der Waals surface area contributed by atoms with Gasteiger partial charge in [-0.3, -0.25) is 9.69 Å². The van der Waals surface area contributed by atoms with Crippen LogP contribution in [0, 0.1) is 17.5 Å². The topological polar surface area (TPSA) is 52.7 Å².